The number of aryl methyl sites for hydroxylation is 2. The largest absolute Gasteiger partial charge is 0.455 e. The van der Waals surface area contributed by atoms with Gasteiger partial charge in [-0.1, -0.05) is 45.2 Å². The van der Waals surface area contributed by atoms with Crippen molar-refractivity contribution in [1.82, 2.24) is 0 Å². The molecule has 0 amide bonds. The number of hydrogen-bond donors (Lipinski definition) is 0. The summed E-state index contributed by atoms with van der Waals surface area (Å²) in [4.78, 5) is 4.00. The van der Waals surface area contributed by atoms with Crippen LogP contribution in [0.3, 0.4) is 0 Å². The number of furan rings is 1. The van der Waals surface area contributed by atoms with Gasteiger partial charge in [-0.25, -0.2) is 9.41 Å². The molecule has 5 rings (SSSR count). The Balaban J connectivity index is 1.91. The standard InChI is InChI=1S/C29H31N2O/c1-18(2)25-23(30-4)17-22-21-15-14-19(3)26(24-13-9-10-16-31(24)5)28(21)32-29(22)27(25)20-11-7-6-8-12-20/h9-10,13-18,20H,6-8,11-12H2,1-3,5H3/q+1. The fourth-order valence-electron chi connectivity index (χ4n) is 5.69. The maximum atomic E-state index is 7.96. The average Bonchev–Trinajstić information content (AvgIpc) is 3.17. The summed E-state index contributed by atoms with van der Waals surface area (Å²) in [5, 5.41) is 2.21. The lowest BCUT2D eigenvalue weighted by Gasteiger charge is -2.26. The van der Waals surface area contributed by atoms with Crippen molar-refractivity contribution in [1.29, 1.82) is 0 Å². The van der Waals surface area contributed by atoms with Gasteiger partial charge in [-0.05, 0) is 60.4 Å². The summed E-state index contributed by atoms with van der Waals surface area (Å²) >= 11 is 0. The third kappa shape index (κ3) is 3.21. The Bertz CT molecular complexity index is 1360. The Morgan fingerprint density at radius 3 is 2.50 bits per heavy atom. The number of benzene rings is 2. The molecule has 2 heterocycles. The van der Waals surface area contributed by atoms with Crippen molar-refractivity contribution in [2.24, 2.45) is 7.05 Å². The lowest BCUT2D eigenvalue weighted by atomic mass is 9.78. The van der Waals surface area contributed by atoms with Crippen molar-refractivity contribution in [2.45, 2.75) is 64.7 Å². The van der Waals surface area contributed by atoms with Gasteiger partial charge in [0.2, 0.25) is 5.69 Å². The van der Waals surface area contributed by atoms with Gasteiger partial charge in [-0.3, -0.25) is 0 Å². The van der Waals surface area contributed by atoms with Crippen LogP contribution in [0.5, 0.6) is 0 Å². The van der Waals surface area contributed by atoms with Crippen LogP contribution in [-0.2, 0) is 7.05 Å². The lowest BCUT2D eigenvalue weighted by Crippen LogP contribution is -2.30. The van der Waals surface area contributed by atoms with Crippen molar-refractivity contribution in [3.8, 4) is 11.3 Å². The van der Waals surface area contributed by atoms with E-state index < -0.39 is 0 Å². The highest BCUT2D eigenvalue weighted by molar-refractivity contribution is 6.12. The van der Waals surface area contributed by atoms with Crippen molar-refractivity contribution < 1.29 is 8.98 Å². The van der Waals surface area contributed by atoms with Crippen LogP contribution in [0.2, 0.25) is 0 Å². The third-order valence-electron chi connectivity index (χ3n) is 7.22. The topological polar surface area (TPSA) is 21.4 Å². The Hall–Kier alpha value is -3.12. The van der Waals surface area contributed by atoms with E-state index in [4.69, 9.17) is 11.0 Å². The van der Waals surface area contributed by atoms with Gasteiger partial charge < -0.3 is 4.42 Å². The average molecular weight is 424 g/mol. The molecule has 0 bridgehead atoms. The zero-order chi connectivity index (χ0) is 22.4. The molecule has 32 heavy (non-hydrogen) atoms. The van der Waals surface area contributed by atoms with Gasteiger partial charge in [0, 0.05) is 22.9 Å². The molecule has 3 heteroatoms. The smallest absolute Gasteiger partial charge is 0.216 e. The van der Waals surface area contributed by atoms with E-state index in [1.165, 1.54) is 48.8 Å². The number of nitrogens with zero attached hydrogens (tertiary/aromatic N) is 2. The van der Waals surface area contributed by atoms with Crippen LogP contribution < -0.4 is 4.57 Å². The summed E-state index contributed by atoms with van der Waals surface area (Å²) in [5.41, 5.74) is 8.73. The van der Waals surface area contributed by atoms with E-state index in [-0.39, 0.29) is 0 Å². The van der Waals surface area contributed by atoms with Crippen LogP contribution in [0.15, 0.2) is 47.0 Å². The Labute approximate surface area is 190 Å². The third-order valence-corrected chi connectivity index (χ3v) is 7.22. The molecule has 0 N–H and O–H groups in total. The van der Waals surface area contributed by atoms with Crippen molar-refractivity contribution in [3.05, 3.63) is 70.7 Å². The van der Waals surface area contributed by atoms with Gasteiger partial charge in [0.25, 0.3) is 0 Å². The molecule has 162 valence electrons. The van der Waals surface area contributed by atoms with E-state index >= 15 is 0 Å². The Morgan fingerprint density at radius 2 is 1.81 bits per heavy atom. The summed E-state index contributed by atoms with van der Waals surface area (Å²) in [6, 6.07) is 12.7. The van der Waals surface area contributed by atoms with Crippen LogP contribution in [0, 0.1) is 13.5 Å². The highest BCUT2D eigenvalue weighted by Crippen LogP contribution is 2.48. The first-order valence-electron chi connectivity index (χ1n) is 11.9. The number of pyridine rings is 1. The van der Waals surface area contributed by atoms with E-state index in [2.05, 4.69) is 79.8 Å². The van der Waals surface area contributed by atoms with Gasteiger partial charge >= 0.3 is 0 Å². The fourth-order valence-corrected chi connectivity index (χ4v) is 5.69. The summed E-state index contributed by atoms with van der Waals surface area (Å²) in [5.74, 6) is 0.769. The molecule has 0 spiro atoms. The van der Waals surface area contributed by atoms with Crippen molar-refractivity contribution in [2.75, 3.05) is 0 Å². The summed E-state index contributed by atoms with van der Waals surface area (Å²) in [6.45, 7) is 14.5. The van der Waals surface area contributed by atoms with Crippen molar-refractivity contribution >= 4 is 27.6 Å². The lowest BCUT2D eigenvalue weighted by molar-refractivity contribution is -0.660. The fraction of sp³-hybridized carbons (Fsp3) is 0.379. The van der Waals surface area contributed by atoms with Crippen LogP contribution >= 0.6 is 0 Å². The minimum Gasteiger partial charge on any atom is -0.455 e. The number of aromatic nitrogens is 1. The zero-order valence-corrected chi connectivity index (χ0v) is 19.5. The van der Waals surface area contributed by atoms with Crippen LogP contribution in [0.1, 0.15) is 74.5 Å². The van der Waals surface area contributed by atoms with Gasteiger partial charge in [-0.2, -0.15) is 0 Å². The predicted molar refractivity (Wildman–Crippen MR) is 131 cm³/mol. The SMILES string of the molecule is [C-]#[N+]c1cc2c(oc3c(-c4cccc[n+]4C)c(C)ccc32)c(C2CCCCC2)c1C(C)C. The number of rotatable bonds is 3. The summed E-state index contributed by atoms with van der Waals surface area (Å²) < 4.78 is 8.99. The Kier molecular flexibility index (Phi) is 5.25. The first-order chi connectivity index (χ1) is 15.5. The zero-order valence-electron chi connectivity index (χ0n) is 19.5. The number of hydrogen-bond acceptors (Lipinski definition) is 1. The molecule has 2 aromatic heterocycles. The minimum absolute atomic E-state index is 0.293. The molecule has 0 saturated heterocycles. The molecule has 0 aliphatic heterocycles. The molecule has 2 aromatic carbocycles. The van der Waals surface area contributed by atoms with Gasteiger partial charge in [0.05, 0.1) is 12.1 Å². The molecule has 0 atom stereocenters. The molecule has 3 nitrogen and oxygen atoms in total. The number of fused-ring (bicyclic) bond motifs is 3. The van der Waals surface area contributed by atoms with Gasteiger partial charge in [-0.15, -0.1) is 0 Å². The highest BCUT2D eigenvalue weighted by atomic mass is 16.3. The molecule has 1 aliphatic carbocycles. The molecule has 1 fully saturated rings. The van der Waals surface area contributed by atoms with Crippen molar-refractivity contribution in [3.63, 3.8) is 0 Å². The van der Waals surface area contributed by atoms with E-state index in [0.29, 0.717) is 11.8 Å². The van der Waals surface area contributed by atoms with E-state index in [1.807, 2.05) is 0 Å². The van der Waals surface area contributed by atoms with Crippen LogP contribution in [0.4, 0.5) is 5.69 Å². The molecule has 4 aromatic rings. The minimum atomic E-state index is 0.293. The van der Waals surface area contributed by atoms with Gasteiger partial charge in [0.15, 0.2) is 11.9 Å². The maximum absolute atomic E-state index is 7.96. The van der Waals surface area contributed by atoms with E-state index in [1.54, 1.807) is 0 Å². The monoisotopic (exact) mass is 423 g/mol. The highest BCUT2D eigenvalue weighted by Gasteiger charge is 2.29. The predicted octanol–water partition coefficient (Wildman–Crippen LogP) is 8.11. The molecular formula is C29H31N2O+. The molecule has 0 unspecified atom stereocenters. The molecular weight excluding hydrogens is 392 g/mol. The van der Waals surface area contributed by atoms with Crippen LogP contribution in [-0.4, -0.2) is 0 Å². The summed E-state index contributed by atoms with van der Waals surface area (Å²) in [7, 11) is 2.08. The molecule has 1 aliphatic rings. The summed E-state index contributed by atoms with van der Waals surface area (Å²) in [6.07, 6.45) is 8.29. The molecule has 1 saturated carbocycles. The first kappa shape index (κ1) is 20.8. The van der Waals surface area contributed by atoms with Gasteiger partial charge in [0.1, 0.15) is 18.2 Å². The molecule has 0 radical (unpaired) electrons. The normalized spacial score (nSPS) is 15.0. The quantitative estimate of drug-likeness (QED) is 0.241. The van der Waals surface area contributed by atoms with Crippen LogP contribution in [0.25, 0.3) is 38.0 Å². The Morgan fingerprint density at radius 1 is 1.03 bits per heavy atom. The second kappa shape index (κ2) is 8.10. The van der Waals surface area contributed by atoms with E-state index in [0.717, 1.165) is 38.9 Å². The first-order valence-corrected chi connectivity index (χ1v) is 11.9. The van der Waals surface area contributed by atoms with E-state index in [9.17, 15) is 0 Å². The second-order valence-corrected chi connectivity index (χ2v) is 9.63. The maximum Gasteiger partial charge on any atom is 0.216 e. The second-order valence-electron chi connectivity index (χ2n) is 9.63.